The van der Waals surface area contributed by atoms with Crippen molar-refractivity contribution in [2.45, 2.75) is 6.42 Å². The Bertz CT molecular complexity index is 293. The van der Waals surface area contributed by atoms with Gasteiger partial charge in [0.2, 0.25) is 0 Å². The van der Waals surface area contributed by atoms with Gasteiger partial charge >= 0.3 is 0 Å². The molecule has 1 aliphatic rings. The Labute approximate surface area is 67.1 Å². The van der Waals surface area contributed by atoms with Gasteiger partial charge in [-0.3, -0.25) is 0 Å². The molecule has 0 spiro atoms. The molecule has 1 aromatic heterocycles. The van der Waals surface area contributed by atoms with Gasteiger partial charge in [0.05, 0.1) is 5.69 Å². The number of fused-ring (bicyclic) bond motifs is 1. The van der Waals surface area contributed by atoms with Crippen LogP contribution in [0.5, 0.6) is 0 Å². The fraction of sp³-hybridized carbons (Fsp3) is 0.143. The average Bonchev–Trinajstić information content (AvgIpc) is 2.34. The van der Waals surface area contributed by atoms with E-state index >= 15 is 0 Å². The van der Waals surface area contributed by atoms with E-state index in [9.17, 15) is 0 Å². The first-order valence-electron chi connectivity index (χ1n) is 3.03. The predicted molar refractivity (Wildman–Crippen MR) is 42.6 cm³/mol. The zero-order valence-corrected chi connectivity index (χ0v) is 6.80. The Morgan fingerprint density at radius 1 is 1.50 bits per heavy atom. The van der Waals surface area contributed by atoms with Crippen LogP contribution >= 0.6 is 15.9 Å². The van der Waals surface area contributed by atoms with E-state index in [1.54, 1.807) is 6.33 Å². The van der Waals surface area contributed by atoms with Crippen molar-refractivity contribution in [3.63, 3.8) is 0 Å². The number of hydrogen-bond donors (Lipinski definition) is 0. The Kier molecular flexibility index (Phi) is 1.31. The summed E-state index contributed by atoms with van der Waals surface area (Å²) in [5, 5.41) is 0. The normalized spacial score (nSPS) is 14.7. The number of hydrogen-bond acceptors (Lipinski definition) is 2. The lowest BCUT2D eigenvalue weighted by Gasteiger charge is -1.94. The molecule has 0 unspecified atom stereocenters. The Morgan fingerprint density at radius 3 is 3.20 bits per heavy atom. The van der Waals surface area contributed by atoms with E-state index in [1.807, 2.05) is 6.20 Å². The fourth-order valence-corrected chi connectivity index (χ4v) is 1.51. The van der Waals surface area contributed by atoms with Crippen LogP contribution in [0.1, 0.15) is 11.3 Å². The van der Waals surface area contributed by atoms with Crippen LogP contribution in [-0.2, 0) is 6.42 Å². The maximum atomic E-state index is 4.12. The minimum atomic E-state index is 0.929. The highest BCUT2D eigenvalue weighted by atomic mass is 79.9. The van der Waals surface area contributed by atoms with Crippen molar-refractivity contribution in [2.24, 2.45) is 0 Å². The van der Waals surface area contributed by atoms with Crippen molar-refractivity contribution in [3.8, 4) is 0 Å². The molecule has 0 radical (unpaired) electrons. The highest BCUT2D eigenvalue weighted by Gasteiger charge is 2.11. The SMILES string of the molecule is BrC1=CCc2ncncc21. The molecule has 50 valence electrons. The number of rotatable bonds is 0. The van der Waals surface area contributed by atoms with Crippen molar-refractivity contribution >= 4 is 20.4 Å². The lowest BCUT2D eigenvalue weighted by atomic mass is 10.3. The predicted octanol–water partition coefficient (Wildman–Crippen LogP) is 1.77. The van der Waals surface area contributed by atoms with Gasteiger partial charge in [-0.25, -0.2) is 9.97 Å². The zero-order chi connectivity index (χ0) is 6.97. The molecule has 0 aliphatic heterocycles. The second-order valence-electron chi connectivity index (χ2n) is 2.14. The highest BCUT2D eigenvalue weighted by molar-refractivity contribution is 9.15. The molecule has 3 heteroatoms. The van der Waals surface area contributed by atoms with Gasteiger partial charge in [0.25, 0.3) is 0 Å². The lowest BCUT2D eigenvalue weighted by Crippen LogP contribution is -1.88. The van der Waals surface area contributed by atoms with Crippen LogP contribution in [0.2, 0.25) is 0 Å². The van der Waals surface area contributed by atoms with Crippen molar-refractivity contribution < 1.29 is 0 Å². The summed E-state index contributed by atoms with van der Waals surface area (Å²) in [6.45, 7) is 0. The molecule has 0 saturated heterocycles. The number of nitrogens with zero attached hydrogens (tertiary/aromatic N) is 2. The molecule has 0 aromatic carbocycles. The molecular formula is C7H5BrN2. The maximum absolute atomic E-state index is 4.12. The largest absolute Gasteiger partial charge is 0.244 e. The van der Waals surface area contributed by atoms with Gasteiger partial charge in [-0.1, -0.05) is 22.0 Å². The molecule has 0 fully saturated rings. The summed E-state index contributed by atoms with van der Waals surface area (Å²) in [7, 11) is 0. The van der Waals surface area contributed by atoms with E-state index in [4.69, 9.17) is 0 Å². The Morgan fingerprint density at radius 2 is 2.40 bits per heavy atom. The minimum absolute atomic E-state index is 0.929. The summed E-state index contributed by atoms with van der Waals surface area (Å²) < 4.78 is 1.11. The van der Waals surface area contributed by atoms with E-state index in [0.29, 0.717) is 0 Å². The molecule has 1 aromatic rings. The molecule has 1 aliphatic carbocycles. The lowest BCUT2D eigenvalue weighted by molar-refractivity contribution is 1.06. The van der Waals surface area contributed by atoms with Crippen molar-refractivity contribution in [1.82, 2.24) is 9.97 Å². The highest BCUT2D eigenvalue weighted by Crippen LogP contribution is 2.28. The van der Waals surface area contributed by atoms with Crippen LogP contribution in [0.4, 0.5) is 0 Å². The smallest absolute Gasteiger partial charge is 0.115 e. The van der Waals surface area contributed by atoms with Crippen LogP contribution in [-0.4, -0.2) is 9.97 Å². The third-order valence-corrected chi connectivity index (χ3v) is 2.28. The maximum Gasteiger partial charge on any atom is 0.115 e. The van der Waals surface area contributed by atoms with Gasteiger partial charge in [-0.2, -0.15) is 0 Å². The van der Waals surface area contributed by atoms with E-state index in [0.717, 1.165) is 22.2 Å². The van der Waals surface area contributed by atoms with Crippen LogP contribution < -0.4 is 0 Å². The van der Waals surface area contributed by atoms with Gasteiger partial charge in [0, 0.05) is 22.7 Å². The summed E-state index contributed by atoms with van der Waals surface area (Å²) in [5.74, 6) is 0. The topological polar surface area (TPSA) is 25.8 Å². The molecule has 0 saturated carbocycles. The van der Waals surface area contributed by atoms with E-state index in [2.05, 4.69) is 32.0 Å². The fourth-order valence-electron chi connectivity index (χ4n) is 1.01. The Balaban J connectivity index is 2.61. The monoisotopic (exact) mass is 196 g/mol. The van der Waals surface area contributed by atoms with Crippen molar-refractivity contribution in [3.05, 3.63) is 29.9 Å². The second-order valence-corrected chi connectivity index (χ2v) is 2.99. The van der Waals surface area contributed by atoms with E-state index < -0.39 is 0 Å². The third kappa shape index (κ3) is 0.778. The van der Waals surface area contributed by atoms with Gasteiger partial charge in [0.1, 0.15) is 6.33 Å². The molecule has 10 heavy (non-hydrogen) atoms. The number of halogens is 1. The van der Waals surface area contributed by atoms with Crippen LogP contribution in [0.25, 0.3) is 4.48 Å². The molecule has 0 amide bonds. The molecule has 2 rings (SSSR count). The number of aromatic nitrogens is 2. The molecule has 0 bridgehead atoms. The molecule has 2 nitrogen and oxygen atoms in total. The molecule has 0 atom stereocenters. The van der Waals surface area contributed by atoms with Gasteiger partial charge in [-0.05, 0) is 0 Å². The van der Waals surface area contributed by atoms with Crippen LogP contribution in [0.15, 0.2) is 18.6 Å². The van der Waals surface area contributed by atoms with Crippen molar-refractivity contribution in [1.29, 1.82) is 0 Å². The van der Waals surface area contributed by atoms with Gasteiger partial charge in [0.15, 0.2) is 0 Å². The first kappa shape index (κ1) is 6.04. The number of allylic oxidation sites excluding steroid dienone is 1. The third-order valence-electron chi connectivity index (χ3n) is 1.53. The summed E-state index contributed by atoms with van der Waals surface area (Å²) >= 11 is 3.42. The molecular weight excluding hydrogens is 192 g/mol. The zero-order valence-electron chi connectivity index (χ0n) is 5.21. The second kappa shape index (κ2) is 2.16. The van der Waals surface area contributed by atoms with E-state index in [-0.39, 0.29) is 0 Å². The summed E-state index contributed by atoms with van der Waals surface area (Å²) in [6, 6.07) is 0. The van der Waals surface area contributed by atoms with Gasteiger partial charge < -0.3 is 0 Å². The Hall–Kier alpha value is -0.700. The van der Waals surface area contributed by atoms with Crippen molar-refractivity contribution in [2.75, 3.05) is 0 Å². The van der Waals surface area contributed by atoms with Crippen LogP contribution in [0, 0.1) is 0 Å². The first-order chi connectivity index (χ1) is 4.88. The molecule has 0 N–H and O–H groups in total. The summed E-state index contributed by atoms with van der Waals surface area (Å²) in [6.07, 6.45) is 6.44. The van der Waals surface area contributed by atoms with Crippen LogP contribution in [0.3, 0.4) is 0 Å². The first-order valence-corrected chi connectivity index (χ1v) is 3.82. The quantitative estimate of drug-likeness (QED) is 0.633. The standard InChI is InChI=1S/C7H5BrN2/c8-6-1-2-7-5(6)3-9-4-10-7/h1,3-4H,2H2. The van der Waals surface area contributed by atoms with Gasteiger partial charge in [-0.15, -0.1) is 0 Å². The molecule has 1 heterocycles. The minimum Gasteiger partial charge on any atom is -0.244 e. The van der Waals surface area contributed by atoms with E-state index in [1.165, 1.54) is 0 Å². The summed E-state index contributed by atoms with van der Waals surface area (Å²) in [5.41, 5.74) is 2.24. The summed E-state index contributed by atoms with van der Waals surface area (Å²) in [4.78, 5) is 8.04. The average molecular weight is 197 g/mol.